The summed E-state index contributed by atoms with van der Waals surface area (Å²) in [6.07, 6.45) is 3.07. The Hall–Kier alpha value is -2.45. The predicted octanol–water partition coefficient (Wildman–Crippen LogP) is 3.84. The van der Waals surface area contributed by atoms with Gasteiger partial charge >= 0.3 is 0 Å². The Morgan fingerprint density at radius 2 is 1.63 bits per heavy atom. The number of nitrogens with zero attached hydrogens (tertiary/aromatic N) is 3. The Morgan fingerprint density at radius 3 is 2.10 bits per heavy atom. The average Bonchev–Trinajstić information content (AvgIpc) is 3.04. The smallest absolute Gasteiger partial charge is 0.249 e. The molecule has 1 amide bonds. The largest absolute Gasteiger partial charge is 0.307 e. The second-order valence-corrected chi connectivity index (χ2v) is 11.6. The van der Waals surface area contributed by atoms with Gasteiger partial charge in [0.25, 0.3) is 0 Å². The third kappa shape index (κ3) is 5.58. The van der Waals surface area contributed by atoms with Crippen LogP contribution in [0.3, 0.4) is 0 Å². The van der Waals surface area contributed by atoms with Gasteiger partial charge in [-0.3, -0.25) is 4.79 Å². The Morgan fingerprint density at radius 1 is 1.07 bits per heavy atom. The maximum absolute atomic E-state index is 12.5. The molecule has 0 spiro atoms. The summed E-state index contributed by atoms with van der Waals surface area (Å²) in [6.45, 7) is 12.3. The fourth-order valence-electron chi connectivity index (χ4n) is 2.65. The minimum Gasteiger partial charge on any atom is -0.307 e. The number of benzene rings is 1. The van der Waals surface area contributed by atoms with Crippen molar-refractivity contribution in [2.24, 2.45) is 0 Å². The van der Waals surface area contributed by atoms with Crippen LogP contribution in [-0.2, 0) is 25.8 Å². The minimum absolute atomic E-state index is 0.138. The number of anilines is 1. The summed E-state index contributed by atoms with van der Waals surface area (Å²) in [5.74, 6) is 0.348. The van der Waals surface area contributed by atoms with Gasteiger partial charge in [-0.25, -0.2) is 17.4 Å². The van der Waals surface area contributed by atoms with Crippen molar-refractivity contribution in [3.8, 4) is 0 Å². The van der Waals surface area contributed by atoms with Gasteiger partial charge in [0.1, 0.15) is 5.82 Å². The van der Waals surface area contributed by atoms with Gasteiger partial charge in [0.2, 0.25) is 15.9 Å². The molecule has 164 valence electrons. The maximum atomic E-state index is 12.5. The molecular formula is C22H32N4O3S. The fourth-order valence-corrected chi connectivity index (χ4v) is 3.55. The van der Waals surface area contributed by atoms with Crippen LogP contribution >= 0.6 is 0 Å². The fraction of sp³-hybridized carbons (Fsp3) is 0.455. The number of carbonyl (C=O) groups excluding carboxylic acids is 1. The summed E-state index contributed by atoms with van der Waals surface area (Å²) in [5, 5.41) is 7.59. The second-order valence-electron chi connectivity index (χ2n) is 9.43. The molecule has 1 N–H and O–H groups in total. The third-order valence-corrected chi connectivity index (χ3v) is 6.28. The van der Waals surface area contributed by atoms with E-state index in [0.29, 0.717) is 5.82 Å². The van der Waals surface area contributed by atoms with Gasteiger partial charge in [0.15, 0.2) is 0 Å². The monoisotopic (exact) mass is 432 g/mol. The number of nitrogens with one attached hydrogen (secondary N) is 1. The molecule has 1 aromatic carbocycles. The number of sulfonamides is 1. The molecule has 2 aromatic rings. The number of amides is 1. The van der Waals surface area contributed by atoms with E-state index in [1.165, 1.54) is 32.3 Å². The highest BCUT2D eigenvalue weighted by Gasteiger charge is 2.25. The van der Waals surface area contributed by atoms with Crippen LogP contribution in [0.2, 0.25) is 0 Å². The Labute approximate surface area is 179 Å². The highest BCUT2D eigenvalue weighted by atomic mass is 32.2. The highest BCUT2D eigenvalue weighted by molar-refractivity contribution is 7.89. The van der Waals surface area contributed by atoms with Crippen molar-refractivity contribution in [1.29, 1.82) is 0 Å². The molecule has 0 aliphatic carbocycles. The van der Waals surface area contributed by atoms with E-state index in [9.17, 15) is 13.2 Å². The number of carbonyl (C=O) groups is 1. The van der Waals surface area contributed by atoms with Gasteiger partial charge in [0.05, 0.1) is 16.1 Å². The van der Waals surface area contributed by atoms with E-state index in [-0.39, 0.29) is 21.8 Å². The van der Waals surface area contributed by atoms with Crippen molar-refractivity contribution in [2.45, 2.75) is 57.4 Å². The van der Waals surface area contributed by atoms with Gasteiger partial charge in [-0.15, -0.1) is 0 Å². The first-order valence-corrected chi connectivity index (χ1v) is 11.2. The topological polar surface area (TPSA) is 84.3 Å². The van der Waals surface area contributed by atoms with Crippen molar-refractivity contribution in [3.63, 3.8) is 0 Å². The van der Waals surface area contributed by atoms with E-state index >= 15 is 0 Å². The molecule has 1 heterocycles. The quantitative estimate of drug-likeness (QED) is 0.728. The van der Waals surface area contributed by atoms with E-state index in [1.54, 1.807) is 18.2 Å². The highest BCUT2D eigenvalue weighted by Crippen LogP contribution is 2.28. The lowest BCUT2D eigenvalue weighted by Gasteiger charge is -2.22. The summed E-state index contributed by atoms with van der Waals surface area (Å²) in [6, 6.07) is 8.28. The standard InChI is InChI=1S/C22H32N4O3S/c1-21(2,3)18-15-19(26(24-18)22(4,5)6)23-20(27)14-11-16-9-12-17(13-10-16)30(28,29)25(7)8/h9-15H,1-8H3,(H,23,27)/b14-11+. The Bertz CT molecular complexity index is 1040. The lowest BCUT2D eigenvalue weighted by atomic mass is 9.92. The summed E-state index contributed by atoms with van der Waals surface area (Å²) in [7, 11) is -0.500. The van der Waals surface area contributed by atoms with Gasteiger partial charge in [-0.2, -0.15) is 5.10 Å². The number of hydrogen-bond acceptors (Lipinski definition) is 4. The molecule has 0 unspecified atom stereocenters. The van der Waals surface area contributed by atoms with Crippen LogP contribution in [-0.4, -0.2) is 42.5 Å². The molecule has 0 saturated heterocycles. The summed E-state index contributed by atoms with van der Waals surface area (Å²) in [5.41, 5.74) is 1.20. The third-order valence-electron chi connectivity index (χ3n) is 4.45. The van der Waals surface area contributed by atoms with Crippen molar-refractivity contribution in [2.75, 3.05) is 19.4 Å². The van der Waals surface area contributed by atoms with Crippen LogP contribution in [0.1, 0.15) is 52.8 Å². The van der Waals surface area contributed by atoms with E-state index in [1.807, 2.05) is 31.5 Å². The molecule has 30 heavy (non-hydrogen) atoms. The molecule has 0 aliphatic rings. The van der Waals surface area contributed by atoms with E-state index in [4.69, 9.17) is 0 Å². The average molecular weight is 433 g/mol. The maximum Gasteiger partial charge on any atom is 0.249 e. The lowest BCUT2D eigenvalue weighted by Crippen LogP contribution is -2.27. The van der Waals surface area contributed by atoms with Crippen molar-refractivity contribution in [3.05, 3.63) is 47.7 Å². The first-order chi connectivity index (χ1) is 13.6. The summed E-state index contributed by atoms with van der Waals surface area (Å²) < 4.78 is 27.2. The molecular weight excluding hydrogens is 400 g/mol. The normalized spacial score (nSPS) is 13.2. The lowest BCUT2D eigenvalue weighted by molar-refractivity contribution is -0.111. The van der Waals surface area contributed by atoms with Crippen molar-refractivity contribution < 1.29 is 13.2 Å². The first-order valence-electron chi connectivity index (χ1n) is 9.75. The van der Waals surface area contributed by atoms with Crippen molar-refractivity contribution in [1.82, 2.24) is 14.1 Å². The summed E-state index contributed by atoms with van der Waals surface area (Å²) in [4.78, 5) is 12.7. The van der Waals surface area contributed by atoms with Crippen molar-refractivity contribution >= 4 is 27.8 Å². The zero-order valence-electron chi connectivity index (χ0n) is 19.0. The SMILES string of the molecule is CN(C)S(=O)(=O)c1ccc(/C=C/C(=O)Nc2cc(C(C)(C)C)nn2C(C)(C)C)cc1. The molecule has 0 atom stereocenters. The van der Waals surface area contributed by atoms with Gasteiger partial charge in [0, 0.05) is 31.7 Å². The van der Waals surface area contributed by atoms with Gasteiger partial charge in [-0.05, 0) is 44.5 Å². The Balaban J connectivity index is 2.20. The van der Waals surface area contributed by atoms with E-state index in [2.05, 4.69) is 31.2 Å². The van der Waals surface area contributed by atoms with Crippen LogP contribution in [0.15, 0.2) is 41.3 Å². The number of hydrogen-bond donors (Lipinski definition) is 1. The second kappa shape index (κ2) is 8.35. The molecule has 0 saturated carbocycles. The number of aromatic nitrogens is 2. The first kappa shape index (κ1) is 23.8. The predicted molar refractivity (Wildman–Crippen MR) is 121 cm³/mol. The van der Waals surface area contributed by atoms with Crippen LogP contribution < -0.4 is 5.32 Å². The zero-order chi connectivity index (χ0) is 22.9. The zero-order valence-corrected chi connectivity index (χ0v) is 19.8. The van der Waals surface area contributed by atoms with Crippen LogP contribution in [0.25, 0.3) is 6.08 Å². The molecule has 8 heteroatoms. The minimum atomic E-state index is -3.47. The Kier molecular flexibility index (Phi) is 6.63. The molecule has 1 aromatic heterocycles. The van der Waals surface area contributed by atoms with E-state index in [0.717, 1.165) is 15.6 Å². The molecule has 0 aliphatic heterocycles. The molecule has 7 nitrogen and oxygen atoms in total. The van der Waals surface area contributed by atoms with Crippen LogP contribution in [0, 0.1) is 0 Å². The summed E-state index contributed by atoms with van der Waals surface area (Å²) >= 11 is 0. The molecule has 0 radical (unpaired) electrons. The molecule has 2 rings (SSSR count). The van der Waals surface area contributed by atoms with Gasteiger partial charge < -0.3 is 5.32 Å². The van der Waals surface area contributed by atoms with Crippen LogP contribution in [0.5, 0.6) is 0 Å². The molecule has 0 fully saturated rings. The van der Waals surface area contributed by atoms with Crippen LogP contribution in [0.4, 0.5) is 5.82 Å². The molecule has 0 bridgehead atoms. The number of rotatable bonds is 5. The van der Waals surface area contributed by atoms with Gasteiger partial charge in [-0.1, -0.05) is 32.9 Å². The van der Waals surface area contributed by atoms with E-state index < -0.39 is 10.0 Å².